The van der Waals surface area contributed by atoms with Gasteiger partial charge in [0.2, 0.25) is 11.8 Å². The summed E-state index contributed by atoms with van der Waals surface area (Å²) in [7, 11) is 0. The quantitative estimate of drug-likeness (QED) is 0.558. The molecule has 1 heterocycles. The second-order valence-electron chi connectivity index (χ2n) is 7.55. The first-order valence-corrected chi connectivity index (χ1v) is 9.11. The van der Waals surface area contributed by atoms with Gasteiger partial charge < -0.3 is 0 Å². The number of hydrogen-bond donors (Lipinski definition) is 0. The highest BCUT2D eigenvalue weighted by Crippen LogP contribution is 2.65. The van der Waals surface area contributed by atoms with Crippen molar-refractivity contribution in [3.05, 3.63) is 39.9 Å². The Kier molecular flexibility index (Phi) is 2.64. The molecule has 3 fully saturated rings. The summed E-state index contributed by atoms with van der Waals surface area (Å²) in [6.07, 6.45) is 5.64. The number of imide groups is 1. The number of rotatable bonds is 1. The van der Waals surface area contributed by atoms with Gasteiger partial charge in [0.25, 0.3) is 0 Å². The molecule has 2 saturated carbocycles. The van der Waals surface area contributed by atoms with Crippen LogP contribution in [0, 0.1) is 49.4 Å². The summed E-state index contributed by atoms with van der Waals surface area (Å²) in [6.45, 7) is 3.94. The summed E-state index contributed by atoms with van der Waals surface area (Å²) in [4.78, 5) is 27.8. The number of aryl methyl sites for hydroxylation is 2. The van der Waals surface area contributed by atoms with E-state index in [0.717, 1.165) is 21.3 Å². The van der Waals surface area contributed by atoms with E-state index >= 15 is 0 Å². The molecule has 2 bridgehead atoms. The zero-order chi connectivity index (χ0) is 16.0. The van der Waals surface area contributed by atoms with Crippen molar-refractivity contribution < 1.29 is 9.59 Å². The van der Waals surface area contributed by atoms with Crippen molar-refractivity contribution >= 4 is 33.4 Å². The number of hydrogen-bond acceptors (Lipinski definition) is 2. The fourth-order valence-electron chi connectivity index (χ4n) is 5.43. The number of carbonyl (C=O) groups is 2. The van der Waals surface area contributed by atoms with E-state index < -0.39 is 0 Å². The molecule has 1 saturated heterocycles. The van der Waals surface area contributed by atoms with Crippen LogP contribution in [0.25, 0.3) is 0 Å². The third kappa shape index (κ3) is 1.65. The Morgan fingerprint density at radius 1 is 0.957 bits per heavy atom. The van der Waals surface area contributed by atoms with Gasteiger partial charge in [0.1, 0.15) is 0 Å². The maximum Gasteiger partial charge on any atom is 0.238 e. The van der Waals surface area contributed by atoms with Gasteiger partial charge in [0.05, 0.1) is 17.5 Å². The molecule has 1 aliphatic heterocycles. The number of benzene rings is 1. The van der Waals surface area contributed by atoms with Crippen LogP contribution in [-0.2, 0) is 9.59 Å². The van der Waals surface area contributed by atoms with Crippen LogP contribution < -0.4 is 4.90 Å². The van der Waals surface area contributed by atoms with Crippen LogP contribution in [0.1, 0.15) is 17.5 Å². The highest BCUT2D eigenvalue weighted by Gasteiger charge is 2.67. The smallest absolute Gasteiger partial charge is 0.238 e. The van der Waals surface area contributed by atoms with Crippen molar-refractivity contribution in [2.24, 2.45) is 35.5 Å². The topological polar surface area (TPSA) is 37.4 Å². The molecule has 6 atom stereocenters. The first-order valence-electron chi connectivity index (χ1n) is 8.32. The zero-order valence-corrected chi connectivity index (χ0v) is 14.7. The molecule has 0 N–H and O–H groups in total. The summed E-state index contributed by atoms with van der Waals surface area (Å²) in [6, 6.07) is 3.96. The molecule has 23 heavy (non-hydrogen) atoms. The van der Waals surface area contributed by atoms with Crippen LogP contribution in [0.5, 0.6) is 0 Å². The highest BCUT2D eigenvalue weighted by atomic mass is 79.9. The number of carbonyl (C=O) groups excluding carboxylic acids is 2. The predicted molar refractivity (Wildman–Crippen MR) is 90.8 cm³/mol. The number of allylic oxidation sites excluding steroid dienone is 2. The minimum absolute atomic E-state index is 0.0261. The standard InChI is InChI=1S/C19H18BrNO2/c1-8-5-10(20)6-9(2)17(8)21-18(22)15-11-3-4-12(14-7-13(11)14)16(15)19(21)23/h3-6,11-16H,7H2,1-2H3/t11-,12+,13-,14-,15+,16+/m1/s1. The first kappa shape index (κ1) is 14.0. The molecule has 118 valence electrons. The molecule has 2 amide bonds. The molecule has 6 rings (SSSR count). The number of halogens is 1. The molecule has 4 heteroatoms. The van der Waals surface area contributed by atoms with Crippen LogP contribution >= 0.6 is 15.9 Å². The molecule has 0 radical (unpaired) electrons. The lowest BCUT2D eigenvalue weighted by Crippen LogP contribution is -2.40. The van der Waals surface area contributed by atoms with Gasteiger partial charge in [-0.2, -0.15) is 0 Å². The Morgan fingerprint density at radius 2 is 1.43 bits per heavy atom. The maximum atomic E-state index is 13.2. The number of amides is 2. The van der Waals surface area contributed by atoms with Gasteiger partial charge in [-0.3, -0.25) is 9.59 Å². The molecular weight excluding hydrogens is 354 g/mol. The van der Waals surface area contributed by atoms with E-state index in [2.05, 4.69) is 28.1 Å². The van der Waals surface area contributed by atoms with Crippen LogP contribution in [0.15, 0.2) is 28.8 Å². The zero-order valence-electron chi connectivity index (χ0n) is 13.1. The number of nitrogens with zero attached hydrogens (tertiary/aromatic N) is 1. The summed E-state index contributed by atoms with van der Waals surface area (Å²) >= 11 is 3.49. The third-order valence-electron chi connectivity index (χ3n) is 6.34. The van der Waals surface area contributed by atoms with Crippen LogP contribution in [-0.4, -0.2) is 11.8 Å². The van der Waals surface area contributed by atoms with Crippen molar-refractivity contribution in [3.63, 3.8) is 0 Å². The Balaban J connectivity index is 1.63. The Bertz CT molecular complexity index is 740. The van der Waals surface area contributed by atoms with Crippen LogP contribution in [0.3, 0.4) is 0 Å². The van der Waals surface area contributed by atoms with E-state index in [1.807, 2.05) is 26.0 Å². The Hall–Kier alpha value is -1.42. The lowest BCUT2D eigenvalue weighted by Gasteiger charge is -2.37. The van der Waals surface area contributed by atoms with Gasteiger partial charge >= 0.3 is 0 Å². The Labute approximate surface area is 143 Å². The van der Waals surface area contributed by atoms with Crippen molar-refractivity contribution in [2.75, 3.05) is 4.90 Å². The van der Waals surface area contributed by atoms with Crippen LogP contribution in [0.2, 0.25) is 0 Å². The Morgan fingerprint density at radius 3 is 1.91 bits per heavy atom. The average Bonchev–Trinajstić information content (AvgIpc) is 3.26. The van der Waals surface area contributed by atoms with Gasteiger partial charge in [0.15, 0.2) is 0 Å². The van der Waals surface area contributed by atoms with Gasteiger partial charge in [-0.15, -0.1) is 0 Å². The molecule has 5 aliphatic rings. The van der Waals surface area contributed by atoms with E-state index in [4.69, 9.17) is 0 Å². The molecule has 4 aliphatic carbocycles. The molecule has 1 aromatic carbocycles. The fourth-order valence-corrected chi connectivity index (χ4v) is 6.12. The normalized spacial score (nSPS) is 39.7. The number of anilines is 1. The molecule has 0 unspecified atom stereocenters. The van der Waals surface area contributed by atoms with E-state index in [0.29, 0.717) is 11.8 Å². The molecule has 0 aromatic heterocycles. The molecule has 0 spiro atoms. The van der Waals surface area contributed by atoms with E-state index in [1.165, 1.54) is 11.3 Å². The lowest BCUT2D eigenvalue weighted by atomic mass is 9.63. The summed E-state index contributed by atoms with van der Waals surface area (Å²) in [5.41, 5.74) is 2.75. The van der Waals surface area contributed by atoms with Gasteiger partial charge in [-0.05, 0) is 67.2 Å². The van der Waals surface area contributed by atoms with Gasteiger partial charge in [0, 0.05) is 4.47 Å². The third-order valence-corrected chi connectivity index (χ3v) is 6.80. The van der Waals surface area contributed by atoms with Crippen molar-refractivity contribution in [3.8, 4) is 0 Å². The summed E-state index contributed by atoms with van der Waals surface area (Å²) < 4.78 is 0.982. The summed E-state index contributed by atoms with van der Waals surface area (Å²) in [5, 5.41) is 0. The SMILES string of the molecule is Cc1cc(Br)cc(C)c1N1C(=O)[C@H]2[C@@H]3C=C[C@@H]([C@H]4C[C@H]34)[C@@H]2C1=O. The minimum atomic E-state index is -0.122. The van der Waals surface area contributed by atoms with E-state index in [9.17, 15) is 9.59 Å². The minimum Gasteiger partial charge on any atom is -0.274 e. The van der Waals surface area contributed by atoms with Crippen molar-refractivity contribution in [2.45, 2.75) is 20.3 Å². The summed E-state index contributed by atoms with van der Waals surface area (Å²) in [5.74, 6) is 1.67. The second kappa shape index (κ2) is 4.35. The maximum absolute atomic E-state index is 13.2. The highest BCUT2D eigenvalue weighted by molar-refractivity contribution is 9.10. The molecular formula is C19H18BrNO2. The monoisotopic (exact) mass is 371 g/mol. The first-order chi connectivity index (χ1) is 11.0. The lowest BCUT2D eigenvalue weighted by molar-refractivity contribution is -0.124. The van der Waals surface area contributed by atoms with Gasteiger partial charge in [-0.1, -0.05) is 28.1 Å². The average molecular weight is 372 g/mol. The molecule has 1 aromatic rings. The second-order valence-corrected chi connectivity index (χ2v) is 8.47. The van der Waals surface area contributed by atoms with Crippen molar-refractivity contribution in [1.29, 1.82) is 0 Å². The van der Waals surface area contributed by atoms with Crippen LogP contribution in [0.4, 0.5) is 5.69 Å². The molecule has 3 nitrogen and oxygen atoms in total. The van der Waals surface area contributed by atoms with E-state index in [-0.39, 0.29) is 35.5 Å². The van der Waals surface area contributed by atoms with Gasteiger partial charge in [-0.25, -0.2) is 4.90 Å². The van der Waals surface area contributed by atoms with Crippen molar-refractivity contribution in [1.82, 2.24) is 0 Å². The largest absolute Gasteiger partial charge is 0.274 e. The predicted octanol–water partition coefficient (Wildman–Crippen LogP) is 3.62. The fraction of sp³-hybridized carbons (Fsp3) is 0.474. The van der Waals surface area contributed by atoms with E-state index in [1.54, 1.807) is 0 Å².